The Morgan fingerprint density at radius 3 is 1.56 bits per heavy atom. The Morgan fingerprint density at radius 2 is 1.10 bits per heavy atom. The van der Waals surface area contributed by atoms with Gasteiger partial charge in [-0.25, -0.2) is 4.79 Å². The number of carbonyl (C=O) groups is 1. The number of unbranched alkanes of at least 4 members (excludes halogenated alkanes) is 15. The van der Waals surface area contributed by atoms with Crippen molar-refractivity contribution < 1.29 is 39.8 Å². The van der Waals surface area contributed by atoms with Crippen LogP contribution in [0.25, 0.3) is 0 Å². The molecule has 8 heteroatoms. The van der Waals surface area contributed by atoms with Gasteiger partial charge in [0.05, 0.1) is 18.8 Å². The largest absolute Gasteiger partial charge is 0.494 e. The second-order valence-electron chi connectivity index (χ2n) is 10.6. The highest BCUT2D eigenvalue weighted by atomic mass is 16.5. The van der Waals surface area contributed by atoms with Crippen LogP contribution in [-0.2, 0) is 4.74 Å². The first-order chi connectivity index (χ1) is 18.9. The minimum absolute atomic E-state index is 0.252. The maximum atomic E-state index is 12.2. The maximum Gasteiger partial charge on any atom is 0.338 e. The summed E-state index contributed by atoms with van der Waals surface area (Å²) in [5.41, 5.74) is 0.252. The molecule has 4 atom stereocenters. The van der Waals surface area contributed by atoms with E-state index in [2.05, 4.69) is 6.92 Å². The van der Waals surface area contributed by atoms with E-state index >= 15 is 0 Å². The SMILES string of the molecule is CCCCCCCCCCCCCCCCCCOc1ccc(C(=O)OC[C@@H](O)[C@@H](O)[C@H](O)[C@@H](O)CO)cc1. The van der Waals surface area contributed by atoms with Gasteiger partial charge in [-0.05, 0) is 30.7 Å². The third-order valence-corrected chi connectivity index (χ3v) is 7.07. The molecule has 0 aliphatic heterocycles. The lowest BCUT2D eigenvalue weighted by Crippen LogP contribution is -2.47. The zero-order valence-corrected chi connectivity index (χ0v) is 24.0. The number of carbonyl (C=O) groups excluding carboxylic acids is 1. The number of aliphatic hydroxyl groups is 5. The van der Waals surface area contributed by atoms with Crippen LogP contribution in [-0.4, -0.2) is 75.7 Å². The lowest BCUT2D eigenvalue weighted by atomic mass is 10.0. The van der Waals surface area contributed by atoms with Crippen molar-refractivity contribution in [2.45, 2.75) is 134 Å². The average Bonchev–Trinajstić information content (AvgIpc) is 2.96. The Hall–Kier alpha value is -1.71. The van der Waals surface area contributed by atoms with Gasteiger partial charge in [0.2, 0.25) is 0 Å². The van der Waals surface area contributed by atoms with Crippen molar-refractivity contribution in [1.82, 2.24) is 0 Å². The molecule has 39 heavy (non-hydrogen) atoms. The van der Waals surface area contributed by atoms with Crippen molar-refractivity contribution >= 4 is 5.97 Å². The molecule has 0 saturated carbocycles. The first-order valence-corrected chi connectivity index (χ1v) is 15.1. The smallest absolute Gasteiger partial charge is 0.338 e. The van der Waals surface area contributed by atoms with E-state index < -0.39 is 43.6 Å². The van der Waals surface area contributed by atoms with Gasteiger partial charge in [0.25, 0.3) is 0 Å². The Kier molecular flexibility index (Phi) is 20.9. The first kappa shape index (κ1) is 35.3. The van der Waals surface area contributed by atoms with Crippen LogP contribution in [0.1, 0.15) is 120 Å². The number of hydrogen-bond donors (Lipinski definition) is 5. The predicted molar refractivity (Wildman–Crippen MR) is 153 cm³/mol. The van der Waals surface area contributed by atoms with Crippen molar-refractivity contribution in [2.75, 3.05) is 19.8 Å². The summed E-state index contributed by atoms with van der Waals surface area (Å²) in [4.78, 5) is 12.2. The molecule has 1 aromatic carbocycles. The predicted octanol–water partition coefficient (Wildman–Crippen LogP) is 4.92. The molecule has 0 aliphatic rings. The average molecular weight is 555 g/mol. The van der Waals surface area contributed by atoms with E-state index in [1.807, 2.05) is 0 Å². The summed E-state index contributed by atoms with van der Waals surface area (Å²) >= 11 is 0. The summed E-state index contributed by atoms with van der Waals surface area (Å²) in [5, 5.41) is 47.4. The van der Waals surface area contributed by atoms with E-state index in [0.29, 0.717) is 12.4 Å². The number of rotatable bonds is 25. The normalized spacial score (nSPS) is 14.5. The van der Waals surface area contributed by atoms with Gasteiger partial charge in [-0.3, -0.25) is 0 Å². The third-order valence-electron chi connectivity index (χ3n) is 7.07. The fraction of sp³-hybridized carbons (Fsp3) is 0.774. The number of benzene rings is 1. The van der Waals surface area contributed by atoms with Gasteiger partial charge in [-0.1, -0.05) is 103 Å². The van der Waals surface area contributed by atoms with E-state index in [1.165, 1.54) is 89.9 Å². The van der Waals surface area contributed by atoms with Crippen LogP contribution >= 0.6 is 0 Å². The van der Waals surface area contributed by atoms with E-state index in [0.717, 1.165) is 12.8 Å². The molecule has 0 amide bonds. The highest BCUT2D eigenvalue weighted by molar-refractivity contribution is 5.89. The van der Waals surface area contributed by atoms with Gasteiger partial charge >= 0.3 is 5.97 Å². The Labute approximate surface area is 235 Å². The van der Waals surface area contributed by atoms with Gasteiger partial charge < -0.3 is 35.0 Å². The zero-order chi connectivity index (χ0) is 28.7. The van der Waals surface area contributed by atoms with E-state index in [4.69, 9.17) is 14.6 Å². The maximum absolute atomic E-state index is 12.2. The van der Waals surface area contributed by atoms with Crippen LogP contribution in [0.3, 0.4) is 0 Å². The molecule has 226 valence electrons. The first-order valence-electron chi connectivity index (χ1n) is 15.1. The van der Waals surface area contributed by atoms with Crippen LogP contribution in [0.2, 0.25) is 0 Å². The van der Waals surface area contributed by atoms with Crippen molar-refractivity contribution in [1.29, 1.82) is 0 Å². The molecule has 0 unspecified atom stereocenters. The van der Waals surface area contributed by atoms with Gasteiger partial charge in [-0.2, -0.15) is 0 Å². The summed E-state index contributed by atoms with van der Waals surface area (Å²) in [6.45, 7) is 1.53. The van der Waals surface area contributed by atoms with Crippen LogP contribution in [0.4, 0.5) is 0 Å². The van der Waals surface area contributed by atoms with Crippen molar-refractivity contribution in [2.24, 2.45) is 0 Å². The summed E-state index contributed by atoms with van der Waals surface area (Å²) in [6, 6.07) is 6.46. The standard InChI is InChI=1S/C31H54O8/c1-2-3-4-5-6-7-8-9-10-11-12-13-14-15-16-17-22-38-26-20-18-25(19-21-26)31(37)39-24-28(34)30(36)29(35)27(33)23-32/h18-21,27-30,32-36H,2-17,22-24H2,1H3/t27-,28+,29+,30+/m0/s1. The topological polar surface area (TPSA) is 137 Å². The molecule has 0 radical (unpaired) electrons. The monoisotopic (exact) mass is 554 g/mol. The van der Waals surface area contributed by atoms with Crippen LogP contribution in [0.15, 0.2) is 24.3 Å². The Bertz CT molecular complexity index is 711. The van der Waals surface area contributed by atoms with E-state index in [1.54, 1.807) is 24.3 Å². The van der Waals surface area contributed by atoms with Crippen molar-refractivity contribution in [3.05, 3.63) is 29.8 Å². The summed E-state index contributed by atoms with van der Waals surface area (Å²) < 4.78 is 10.7. The molecule has 0 fully saturated rings. The van der Waals surface area contributed by atoms with E-state index in [-0.39, 0.29) is 5.56 Å². The third kappa shape index (κ3) is 16.9. The molecule has 0 saturated heterocycles. The molecular formula is C31H54O8. The second-order valence-corrected chi connectivity index (χ2v) is 10.6. The lowest BCUT2D eigenvalue weighted by molar-refractivity contribution is -0.124. The molecule has 0 bridgehead atoms. The molecular weight excluding hydrogens is 500 g/mol. The molecule has 1 aromatic rings. The van der Waals surface area contributed by atoms with Gasteiger partial charge in [0.15, 0.2) is 0 Å². The highest BCUT2D eigenvalue weighted by Gasteiger charge is 2.30. The van der Waals surface area contributed by atoms with Crippen LogP contribution < -0.4 is 4.74 Å². The second kappa shape index (κ2) is 23.0. The van der Waals surface area contributed by atoms with E-state index in [9.17, 15) is 25.2 Å². The molecule has 5 N–H and O–H groups in total. The number of aliphatic hydroxyl groups excluding tert-OH is 5. The molecule has 0 aliphatic carbocycles. The fourth-order valence-electron chi connectivity index (χ4n) is 4.43. The molecule has 8 nitrogen and oxygen atoms in total. The quantitative estimate of drug-likeness (QED) is 0.0849. The summed E-state index contributed by atoms with van der Waals surface area (Å²) in [7, 11) is 0. The number of hydrogen-bond acceptors (Lipinski definition) is 8. The summed E-state index contributed by atoms with van der Waals surface area (Å²) in [6.07, 6.45) is 14.4. The van der Waals surface area contributed by atoms with Gasteiger partial charge in [0, 0.05) is 0 Å². The zero-order valence-electron chi connectivity index (χ0n) is 24.0. The summed E-state index contributed by atoms with van der Waals surface area (Å²) in [5.74, 6) is -0.0492. The minimum Gasteiger partial charge on any atom is -0.494 e. The molecule has 0 spiro atoms. The van der Waals surface area contributed by atoms with Crippen LogP contribution in [0, 0.1) is 0 Å². The fourth-order valence-corrected chi connectivity index (χ4v) is 4.43. The van der Waals surface area contributed by atoms with Gasteiger partial charge in [-0.15, -0.1) is 0 Å². The minimum atomic E-state index is -1.78. The van der Waals surface area contributed by atoms with Crippen molar-refractivity contribution in [3.63, 3.8) is 0 Å². The highest BCUT2D eigenvalue weighted by Crippen LogP contribution is 2.16. The Morgan fingerprint density at radius 1 is 0.667 bits per heavy atom. The Balaban J connectivity index is 2.04. The number of esters is 1. The molecule has 1 rings (SSSR count). The van der Waals surface area contributed by atoms with Crippen molar-refractivity contribution in [3.8, 4) is 5.75 Å². The van der Waals surface area contributed by atoms with Gasteiger partial charge in [0.1, 0.15) is 36.8 Å². The van der Waals surface area contributed by atoms with Crippen LogP contribution in [0.5, 0.6) is 5.75 Å². The lowest BCUT2D eigenvalue weighted by Gasteiger charge is -2.25. The molecule has 0 heterocycles. The molecule has 0 aromatic heterocycles. The number of ether oxygens (including phenoxy) is 2.